The summed E-state index contributed by atoms with van der Waals surface area (Å²) in [7, 11) is 4.27. The van der Waals surface area contributed by atoms with Gasteiger partial charge in [0.1, 0.15) is 0 Å². The van der Waals surface area contributed by atoms with E-state index in [0.29, 0.717) is 0 Å². The molecule has 1 rings (SSSR count). The molecule has 0 aliphatic heterocycles. The fraction of sp³-hybridized carbons (Fsp3) is 0.667. The Labute approximate surface area is 131 Å². The van der Waals surface area contributed by atoms with E-state index in [4.69, 9.17) is 0 Å². The first-order valence-electron chi connectivity index (χ1n) is 8.06. The second-order valence-corrected chi connectivity index (χ2v) is 7.02. The number of benzene rings is 1. The van der Waals surface area contributed by atoms with E-state index in [0.717, 1.165) is 26.2 Å². The molecule has 0 bridgehead atoms. The lowest BCUT2D eigenvalue weighted by molar-refractivity contribution is 0.411. The first kappa shape index (κ1) is 18.0. The monoisotopic (exact) mass is 291 g/mol. The van der Waals surface area contributed by atoms with E-state index in [1.54, 1.807) is 0 Å². The molecule has 120 valence electrons. The second-order valence-electron chi connectivity index (χ2n) is 7.02. The fourth-order valence-corrected chi connectivity index (χ4v) is 2.27. The molecule has 0 heterocycles. The highest BCUT2D eigenvalue weighted by molar-refractivity contribution is 5.53. The van der Waals surface area contributed by atoms with Gasteiger partial charge in [0, 0.05) is 37.4 Å². The first-order valence-corrected chi connectivity index (χ1v) is 8.06. The van der Waals surface area contributed by atoms with Gasteiger partial charge in [-0.05, 0) is 52.9 Å². The molecule has 0 aliphatic carbocycles. The number of hydrogen-bond donors (Lipinski definition) is 1. The summed E-state index contributed by atoms with van der Waals surface area (Å²) < 4.78 is 0. The summed E-state index contributed by atoms with van der Waals surface area (Å²) in [6.45, 7) is 13.1. The van der Waals surface area contributed by atoms with E-state index in [2.05, 4.69) is 81.2 Å². The molecule has 0 unspecified atom stereocenters. The third kappa shape index (κ3) is 6.96. The Hall–Kier alpha value is -1.06. The number of nitrogens with one attached hydrogen (secondary N) is 1. The van der Waals surface area contributed by atoms with Crippen LogP contribution < -0.4 is 10.2 Å². The zero-order valence-corrected chi connectivity index (χ0v) is 14.7. The summed E-state index contributed by atoms with van der Waals surface area (Å²) >= 11 is 0. The van der Waals surface area contributed by atoms with Crippen LogP contribution in [0.5, 0.6) is 0 Å². The molecule has 0 spiro atoms. The van der Waals surface area contributed by atoms with Crippen LogP contribution in [0.15, 0.2) is 24.3 Å². The maximum atomic E-state index is 3.60. The Bertz CT molecular complexity index is 407. The predicted octanol–water partition coefficient (Wildman–Crippen LogP) is 3.35. The Balaban J connectivity index is 2.86. The number of nitrogens with zero attached hydrogens (tertiary/aromatic N) is 2. The molecule has 3 heteroatoms. The lowest BCUT2D eigenvalue weighted by atomic mass is 10.1. The van der Waals surface area contributed by atoms with Gasteiger partial charge in [-0.25, -0.2) is 0 Å². The SMILES string of the molecule is CCCN(CCN(C)C)c1ccccc1CNC(C)(C)C. The normalized spacial score (nSPS) is 12.0. The average molecular weight is 291 g/mol. The van der Waals surface area contributed by atoms with E-state index in [-0.39, 0.29) is 5.54 Å². The average Bonchev–Trinajstić information content (AvgIpc) is 2.40. The van der Waals surface area contributed by atoms with Gasteiger partial charge in [-0.2, -0.15) is 0 Å². The Morgan fingerprint density at radius 1 is 1.00 bits per heavy atom. The second kappa shape index (κ2) is 8.40. The lowest BCUT2D eigenvalue weighted by Crippen LogP contribution is -2.37. The van der Waals surface area contributed by atoms with Gasteiger partial charge >= 0.3 is 0 Å². The van der Waals surface area contributed by atoms with Gasteiger partial charge in [0.05, 0.1) is 0 Å². The number of para-hydroxylation sites is 1. The van der Waals surface area contributed by atoms with Crippen LogP contribution >= 0.6 is 0 Å². The molecular formula is C18H33N3. The first-order chi connectivity index (χ1) is 9.83. The molecule has 0 fully saturated rings. The number of hydrogen-bond acceptors (Lipinski definition) is 3. The zero-order chi connectivity index (χ0) is 15.9. The fourth-order valence-electron chi connectivity index (χ4n) is 2.27. The van der Waals surface area contributed by atoms with Crippen molar-refractivity contribution in [2.75, 3.05) is 38.6 Å². The molecule has 0 saturated carbocycles. The van der Waals surface area contributed by atoms with Crippen LogP contribution in [0.25, 0.3) is 0 Å². The van der Waals surface area contributed by atoms with Crippen molar-refractivity contribution in [3.05, 3.63) is 29.8 Å². The third-order valence-corrected chi connectivity index (χ3v) is 3.45. The molecule has 1 aromatic carbocycles. The van der Waals surface area contributed by atoms with Crippen LogP contribution in [0.1, 0.15) is 39.7 Å². The molecule has 0 aliphatic rings. The number of likely N-dealkylation sites (N-methyl/N-ethyl adjacent to an activating group) is 1. The summed E-state index contributed by atoms with van der Waals surface area (Å²) in [5.74, 6) is 0. The summed E-state index contributed by atoms with van der Waals surface area (Å²) in [5.41, 5.74) is 2.91. The van der Waals surface area contributed by atoms with Crippen molar-refractivity contribution in [1.82, 2.24) is 10.2 Å². The topological polar surface area (TPSA) is 18.5 Å². The lowest BCUT2D eigenvalue weighted by Gasteiger charge is -2.29. The van der Waals surface area contributed by atoms with Crippen LogP contribution in [0.3, 0.4) is 0 Å². The quantitative estimate of drug-likeness (QED) is 0.792. The molecule has 0 saturated heterocycles. The largest absolute Gasteiger partial charge is 0.370 e. The van der Waals surface area contributed by atoms with Gasteiger partial charge in [0.2, 0.25) is 0 Å². The van der Waals surface area contributed by atoms with Crippen LogP contribution in [0.2, 0.25) is 0 Å². The molecule has 0 aromatic heterocycles. The van der Waals surface area contributed by atoms with Gasteiger partial charge in [0.15, 0.2) is 0 Å². The smallest absolute Gasteiger partial charge is 0.0412 e. The molecular weight excluding hydrogens is 258 g/mol. The van der Waals surface area contributed by atoms with Gasteiger partial charge in [-0.1, -0.05) is 25.1 Å². The minimum absolute atomic E-state index is 0.145. The van der Waals surface area contributed by atoms with Crippen LogP contribution in [0, 0.1) is 0 Å². The van der Waals surface area contributed by atoms with Gasteiger partial charge in [-0.3, -0.25) is 0 Å². The maximum Gasteiger partial charge on any atom is 0.0412 e. The third-order valence-electron chi connectivity index (χ3n) is 3.45. The summed E-state index contributed by atoms with van der Waals surface area (Å²) in [4.78, 5) is 4.76. The molecule has 3 nitrogen and oxygen atoms in total. The highest BCUT2D eigenvalue weighted by atomic mass is 15.2. The van der Waals surface area contributed by atoms with E-state index in [1.165, 1.54) is 17.7 Å². The van der Waals surface area contributed by atoms with E-state index in [9.17, 15) is 0 Å². The van der Waals surface area contributed by atoms with Crippen LogP contribution in [0.4, 0.5) is 5.69 Å². The van der Waals surface area contributed by atoms with Crippen LogP contribution in [-0.2, 0) is 6.54 Å². The van der Waals surface area contributed by atoms with Gasteiger partial charge < -0.3 is 15.1 Å². The highest BCUT2D eigenvalue weighted by Gasteiger charge is 2.13. The Kier molecular flexibility index (Phi) is 7.20. The van der Waals surface area contributed by atoms with Crippen molar-refractivity contribution in [2.45, 2.75) is 46.2 Å². The Morgan fingerprint density at radius 2 is 1.67 bits per heavy atom. The predicted molar refractivity (Wildman–Crippen MR) is 94.1 cm³/mol. The van der Waals surface area contributed by atoms with E-state index < -0.39 is 0 Å². The molecule has 0 atom stereocenters. The molecule has 0 radical (unpaired) electrons. The number of rotatable bonds is 8. The van der Waals surface area contributed by atoms with Crippen molar-refractivity contribution in [3.8, 4) is 0 Å². The number of anilines is 1. The van der Waals surface area contributed by atoms with Crippen molar-refractivity contribution in [3.63, 3.8) is 0 Å². The molecule has 1 aromatic rings. The van der Waals surface area contributed by atoms with Crippen molar-refractivity contribution in [2.24, 2.45) is 0 Å². The Morgan fingerprint density at radius 3 is 2.24 bits per heavy atom. The van der Waals surface area contributed by atoms with Gasteiger partial charge in [0.25, 0.3) is 0 Å². The van der Waals surface area contributed by atoms with E-state index in [1.807, 2.05) is 0 Å². The van der Waals surface area contributed by atoms with Crippen molar-refractivity contribution in [1.29, 1.82) is 0 Å². The minimum Gasteiger partial charge on any atom is -0.370 e. The maximum absolute atomic E-state index is 3.60. The minimum atomic E-state index is 0.145. The summed E-state index contributed by atoms with van der Waals surface area (Å²) in [5, 5.41) is 3.60. The van der Waals surface area contributed by atoms with Crippen LogP contribution in [-0.4, -0.2) is 44.2 Å². The van der Waals surface area contributed by atoms with Gasteiger partial charge in [-0.15, -0.1) is 0 Å². The molecule has 1 N–H and O–H groups in total. The van der Waals surface area contributed by atoms with E-state index >= 15 is 0 Å². The standard InChI is InChI=1S/C18H33N3/c1-7-12-21(14-13-20(5)6)17-11-9-8-10-16(17)15-19-18(2,3)4/h8-11,19H,7,12-15H2,1-6H3. The highest BCUT2D eigenvalue weighted by Crippen LogP contribution is 2.21. The summed E-state index contributed by atoms with van der Waals surface area (Å²) in [6.07, 6.45) is 1.18. The zero-order valence-electron chi connectivity index (χ0n) is 14.7. The molecule has 21 heavy (non-hydrogen) atoms. The molecule has 0 amide bonds. The van der Waals surface area contributed by atoms with Crippen molar-refractivity contribution >= 4 is 5.69 Å². The van der Waals surface area contributed by atoms with Crippen molar-refractivity contribution < 1.29 is 0 Å². The summed E-state index contributed by atoms with van der Waals surface area (Å²) in [6, 6.07) is 8.78.